The third-order valence-electron chi connectivity index (χ3n) is 2.84. The van der Waals surface area contributed by atoms with Crippen LogP contribution in [0, 0.1) is 0 Å². The summed E-state index contributed by atoms with van der Waals surface area (Å²) in [5.41, 5.74) is 2.64. The highest BCUT2D eigenvalue weighted by atomic mass is 16.1. The number of carbonyl (C=O) groups excluding carboxylic acids is 1. The highest BCUT2D eigenvalue weighted by Gasteiger charge is 2.20. The van der Waals surface area contributed by atoms with E-state index in [0.717, 1.165) is 11.4 Å². The van der Waals surface area contributed by atoms with Crippen LogP contribution in [-0.4, -0.2) is 20.8 Å². The first-order valence-corrected chi connectivity index (χ1v) is 5.92. The standard InChI is InChI=1S/C14H17N3O/c1-10(18)11-5-7-12(8-6-11)17-13(9-15-16-17)14(2,3)4/h5-9H,1-4H3. The second kappa shape index (κ2) is 4.37. The van der Waals surface area contributed by atoms with Gasteiger partial charge >= 0.3 is 0 Å². The Hall–Kier alpha value is -1.97. The van der Waals surface area contributed by atoms with Crippen LogP contribution in [0.2, 0.25) is 0 Å². The molecule has 0 aliphatic rings. The van der Waals surface area contributed by atoms with Crippen molar-refractivity contribution in [3.63, 3.8) is 0 Å². The molecule has 0 bridgehead atoms. The van der Waals surface area contributed by atoms with Crippen LogP contribution in [0.5, 0.6) is 0 Å². The maximum Gasteiger partial charge on any atom is 0.159 e. The minimum absolute atomic E-state index is 0.0251. The highest BCUT2D eigenvalue weighted by molar-refractivity contribution is 5.94. The maximum atomic E-state index is 11.2. The predicted molar refractivity (Wildman–Crippen MR) is 70.1 cm³/mol. The number of benzene rings is 1. The number of ketones is 1. The summed E-state index contributed by atoms with van der Waals surface area (Å²) >= 11 is 0. The van der Waals surface area contributed by atoms with Gasteiger partial charge in [0, 0.05) is 11.0 Å². The van der Waals surface area contributed by atoms with E-state index < -0.39 is 0 Å². The molecule has 2 aromatic rings. The summed E-state index contributed by atoms with van der Waals surface area (Å²) in [6, 6.07) is 7.40. The van der Waals surface area contributed by atoms with Crippen LogP contribution < -0.4 is 0 Å². The van der Waals surface area contributed by atoms with E-state index in [4.69, 9.17) is 0 Å². The van der Waals surface area contributed by atoms with Gasteiger partial charge in [-0.1, -0.05) is 26.0 Å². The van der Waals surface area contributed by atoms with E-state index in [1.54, 1.807) is 13.1 Å². The van der Waals surface area contributed by atoms with Gasteiger partial charge in [-0.2, -0.15) is 0 Å². The van der Waals surface area contributed by atoms with E-state index in [-0.39, 0.29) is 11.2 Å². The second-order valence-corrected chi connectivity index (χ2v) is 5.38. The Morgan fingerprint density at radius 3 is 2.28 bits per heavy atom. The predicted octanol–water partition coefficient (Wildman–Crippen LogP) is 2.77. The average molecular weight is 243 g/mol. The van der Waals surface area contributed by atoms with Crippen molar-refractivity contribution < 1.29 is 4.79 Å². The topological polar surface area (TPSA) is 47.8 Å². The van der Waals surface area contributed by atoms with Gasteiger partial charge < -0.3 is 0 Å². The van der Waals surface area contributed by atoms with Crippen LogP contribution in [0.4, 0.5) is 0 Å². The summed E-state index contributed by atoms with van der Waals surface area (Å²) in [4.78, 5) is 11.2. The molecule has 2 rings (SSSR count). The first-order chi connectivity index (χ1) is 8.39. The van der Waals surface area contributed by atoms with Crippen molar-refractivity contribution in [2.45, 2.75) is 33.1 Å². The van der Waals surface area contributed by atoms with Crippen LogP contribution in [0.1, 0.15) is 43.7 Å². The molecule has 94 valence electrons. The van der Waals surface area contributed by atoms with Gasteiger partial charge in [0.1, 0.15) is 0 Å². The Labute approximate surface area is 107 Å². The van der Waals surface area contributed by atoms with E-state index in [2.05, 4.69) is 31.1 Å². The largest absolute Gasteiger partial charge is 0.295 e. The van der Waals surface area contributed by atoms with Gasteiger partial charge in [0.15, 0.2) is 5.78 Å². The van der Waals surface area contributed by atoms with Crippen LogP contribution in [0.15, 0.2) is 30.5 Å². The molecule has 0 aliphatic heterocycles. The van der Waals surface area contributed by atoms with Crippen molar-refractivity contribution in [1.82, 2.24) is 15.0 Å². The maximum absolute atomic E-state index is 11.2. The van der Waals surface area contributed by atoms with Gasteiger partial charge in [0.05, 0.1) is 17.6 Å². The van der Waals surface area contributed by atoms with Gasteiger partial charge in [-0.15, -0.1) is 5.10 Å². The molecule has 1 aromatic carbocycles. The first kappa shape index (κ1) is 12.5. The normalized spacial score (nSPS) is 11.6. The van der Waals surface area contributed by atoms with Crippen LogP contribution in [0.3, 0.4) is 0 Å². The fourth-order valence-electron chi connectivity index (χ4n) is 1.77. The second-order valence-electron chi connectivity index (χ2n) is 5.38. The molecule has 0 unspecified atom stereocenters. The molecule has 0 atom stereocenters. The lowest BCUT2D eigenvalue weighted by Crippen LogP contribution is -2.17. The van der Waals surface area contributed by atoms with Crippen LogP contribution >= 0.6 is 0 Å². The summed E-state index contributed by atoms with van der Waals surface area (Å²) in [6.45, 7) is 7.91. The number of Topliss-reactive ketones (excluding diaryl/α,β-unsaturated/α-hetero) is 1. The first-order valence-electron chi connectivity index (χ1n) is 5.92. The summed E-state index contributed by atoms with van der Waals surface area (Å²) in [5.74, 6) is 0.0659. The molecule has 0 saturated carbocycles. The van der Waals surface area contributed by atoms with E-state index in [9.17, 15) is 4.79 Å². The fourth-order valence-corrected chi connectivity index (χ4v) is 1.77. The third-order valence-corrected chi connectivity index (χ3v) is 2.84. The molecule has 1 heterocycles. The van der Waals surface area contributed by atoms with E-state index in [1.165, 1.54) is 0 Å². The molecule has 4 nitrogen and oxygen atoms in total. The molecule has 1 aromatic heterocycles. The smallest absolute Gasteiger partial charge is 0.159 e. The summed E-state index contributed by atoms with van der Waals surface area (Å²) in [6.07, 6.45) is 1.78. The fraction of sp³-hybridized carbons (Fsp3) is 0.357. The van der Waals surface area contributed by atoms with Crippen molar-refractivity contribution in [2.75, 3.05) is 0 Å². The number of nitrogens with zero attached hydrogens (tertiary/aromatic N) is 3. The Morgan fingerprint density at radius 2 is 1.78 bits per heavy atom. The Bertz CT molecular complexity index is 561. The lowest BCUT2D eigenvalue weighted by atomic mass is 9.92. The Morgan fingerprint density at radius 1 is 1.17 bits per heavy atom. The molecule has 0 radical (unpaired) electrons. The van der Waals surface area contributed by atoms with Crippen molar-refractivity contribution in [2.24, 2.45) is 0 Å². The van der Waals surface area contributed by atoms with Gasteiger partial charge in [0.2, 0.25) is 0 Å². The molecule has 18 heavy (non-hydrogen) atoms. The Balaban J connectivity index is 2.44. The summed E-state index contributed by atoms with van der Waals surface area (Å²) in [5, 5.41) is 8.08. The minimum Gasteiger partial charge on any atom is -0.295 e. The number of hydrogen-bond donors (Lipinski definition) is 0. The van der Waals surface area contributed by atoms with Crippen molar-refractivity contribution in [3.8, 4) is 5.69 Å². The lowest BCUT2D eigenvalue weighted by Gasteiger charge is -2.19. The molecule has 4 heteroatoms. The number of hydrogen-bond acceptors (Lipinski definition) is 3. The van der Waals surface area contributed by atoms with Gasteiger partial charge in [-0.05, 0) is 31.2 Å². The zero-order chi connectivity index (χ0) is 13.3. The van der Waals surface area contributed by atoms with Gasteiger partial charge in [-0.3, -0.25) is 4.79 Å². The zero-order valence-corrected chi connectivity index (χ0v) is 11.1. The van der Waals surface area contributed by atoms with Crippen molar-refractivity contribution in [1.29, 1.82) is 0 Å². The van der Waals surface area contributed by atoms with E-state index >= 15 is 0 Å². The Kier molecular flexibility index (Phi) is 3.03. The SMILES string of the molecule is CC(=O)c1ccc(-n2nncc2C(C)(C)C)cc1. The summed E-state index contributed by atoms with van der Waals surface area (Å²) in [7, 11) is 0. The average Bonchev–Trinajstić information content (AvgIpc) is 2.77. The third kappa shape index (κ3) is 2.32. The molecule has 0 saturated heterocycles. The molecular weight excluding hydrogens is 226 g/mol. The molecule has 0 N–H and O–H groups in total. The lowest BCUT2D eigenvalue weighted by molar-refractivity contribution is 0.101. The van der Waals surface area contributed by atoms with E-state index in [0.29, 0.717) is 5.56 Å². The molecule has 0 amide bonds. The minimum atomic E-state index is -0.0251. The quantitative estimate of drug-likeness (QED) is 0.762. The van der Waals surface area contributed by atoms with E-state index in [1.807, 2.05) is 28.9 Å². The highest BCUT2D eigenvalue weighted by Crippen LogP contribution is 2.23. The van der Waals surface area contributed by atoms with Gasteiger partial charge in [-0.25, -0.2) is 4.68 Å². The van der Waals surface area contributed by atoms with Crippen molar-refractivity contribution >= 4 is 5.78 Å². The monoisotopic (exact) mass is 243 g/mol. The van der Waals surface area contributed by atoms with Crippen molar-refractivity contribution in [3.05, 3.63) is 41.7 Å². The molecule has 0 fully saturated rings. The van der Waals surface area contributed by atoms with Gasteiger partial charge in [0.25, 0.3) is 0 Å². The summed E-state index contributed by atoms with van der Waals surface area (Å²) < 4.78 is 1.81. The number of aromatic nitrogens is 3. The van der Waals surface area contributed by atoms with Crippen LogP contribution in [0.25, 0.3) is 5.69 Å². The number of rotatable bonds is 2. The molecule has 0 spiro atoms. The molecular formula is C14H17N3O. The number of carbonyl (C=O) groups is 1. The zero-order valence-electron chi connectivity index (χ0n) is 11.1. The molecule has 0 aliphatic carbocycles. The van der Waals surface area contributed by atoms with Crippen LogP contribution in [-0.2, 0) is 5.41 Å².